The van der Waals surface area contributed by atoms with Crippen molar-refractivity contribution in [1.29, 1.82) is 5.26 Å². The van der Waals surface area contributed by atoms with Crippen molar-refractivity contribution in [2.24, 2.45) is 0 Å². The summed E-state index contributed by atoms with van der Waals surface area (Å²) >= 11 is 0. The van der Waals surface area contributed by atoms with E-state index >= 15 is 0 Å². The molecular formula is C19H20N2O. The lowest BCUT2D eigenvalue weighted by Gasteiger charge is -2.24. The van der Waals surface area contributed by atoms with E-state index in [0.29, 0.717) is 0 Å². The van der Waals surface area contributed by atoms with Crippen LogP contribution < -0.4 is 5.32 Å². The molecule has 22 heavy (non-hydrogen) atoms. The molecule has 1 atom stereocenters. The minimum atomic E-state index is -0.730. The fourth-order valence-electron chi connectivity index (χ4n) is 3.20. The van der Waals surface area contributed by atoms with E-state index in [1.54, 1.807) is 0 Å². The summed E-state index contributed by atoms with van der Waals surface area (Å²) in [6.45, 7) is 0. The summed E-state index contributed by atoms with van der Waals surface area (Å²) < 4.78 is 0. The molecule has 0 saturated heterocycles. The van der Waals surface area contributed by atoms with E-state index in [2.05, 4.69) is 11.4 Å². The number of carbonyl (C=O) groups is 1. The van der Waals surface area contributed by atoms with E-state index in [1.165, 1.54) is 6.42 Å². The Bertz CT molecular complexity index is 711. The molecule has 1 saturated carbocycles. The molecular weight excluding hydrogens is 272 g/mol. The summed E-state index contributed by atoms with van der Waals surface area (Å²) in [4.78, 5) is 12.4. The Labute approximate surface area is 130 Å². The number of carbonyl (C=O) groups excluding carboxylic acids is 1. The molecule has 3 rings (SSSR count). The SMILES string of the molecule is N#CC(C(=O)NC1CCCCC1)c1ccc2ccccc2c1. The zero-order chi connectivity index (χ0) is 15.4. The molecule has 1 fully saturated rings. The lowest BCUT2D eigenvalue weighted by molar-refractivity contribution is -0.122. The van der Waals surface area contributed by atoms with Crippen LogP contribution in [0.4, 0.5) is 0 Å². The van der Waals surface area contributed by atoms with E-state index < -0.39 is 5.92 Å². The molecule has 1 aliphatic carbocycles. The highest BCUT2D eigenvalue weighted by Gasteiger charge is 2.24. The number of fused-ring (bicyclic) bond motifs is 1. The minimum Gasteiger partial charge on any atom is -0.352 e. The van der Waals surface area contributed by atoms with Crippen molar-refractivity contribution in [2.45, 2.75) is 44.1 Å². The molecule has 1 aliphatic rings. The van der Waals surface area contributed by atoms with E-state index in [4.69, 9.17) is 0 Å². The number of amides is 1. The van der Waals surface area contributed by atoms with Gasteiger partial charge < -0.3 is 5.32 Å². The highest BCUT2D eigenvalue weighted by molar-refractivity contribution is 5.89. The van der Waals surface area contributed by atoms with Gasteiger partial charge in [-0.2, -0.15) is 5.26 Å². The quantitative estimate of drug-likeness (QED) is 0.933. The summed E-state index contributed by atoms with van der Waals surface area (Å²) in [5.41, 5.74) is 0.773. The first-order chi connectivity index (χ1) is 10.8. The average Bonchev–Trinajstić information content (AvgIpc) is 2.56. The van der Waals surface area contributed by atoms with Gasteiger partial charge in [0.1, 0.15) is 5.92 Å². The highest BCUT2D eigenvalue weighted by atomic mass is 16.1. The van der Waals surface area contributed by atoms with Crippen molar-refractivity contribution in [2.75, 3.05) is 0 Å². The second-order valence-corrected chi connectivity index (χ2v) is 6.01. The molecule has 1 amide bonds. The molecule has 2 aromatic carbocycles. The van der Waals surface area contributed by atoms with Crippen molar-refractivity contribution in [1.82, 2.24) is 5.32 Å². The third-order valence-corrected chi connectivity index (χ3v) is 4.45. The molecule has 0 radical (unpaired) electrons. The van der Waals surface area contributed by atoms with Gasteiger partial charge >= 0.3 is 0 Å². The lowest BCUT2D eigenvalue weighted by atomic mass is 9.93. The van der Waals surface area contributed by atoms with Crippen molar-refractivity contribution >= 4 is 16.7 Å². The Kier molecular flexibility index (Phi) is 4.39. The highest BCUT2D eigenvalue weighted by Crippen LogP contribution is 2.23. The molecule has 2 aromatic rings. The number of rotatable bonds is 3. The number of nitriles is 1. The molecule has 3 heteroatoms. The normalized spacial score (nSPS) is 16.9. The van der Waals surface area contributed by atoms with Crippen LogP contribution in [0.2, 0.25) is 0 Å². The van der Waals surface area contributed by atoms with Crippen LogP contribution in [0.5, 0.6) is 0 Å². The third kappa shape index (κ3) is 3.12. The maximum absolute atomic E-state index is 12.4. The van der Waals surface area contributed by atoms with Gasteiger partial charge in [-0.3, -0.25) is 4.79 Å². The largest absolute Gasteiger partial charge is 0.352 e. The Morgan fingerprint density at radius 1 is 1.09 bits per heavy atom. The first-order valence-corrected chi connectivity index (χ1v) is 7.96. The summed E-state index contributed by atoms with van der Waals surface area (Å²) in [5.74, 6) is -0.892. The lowest BCUT2D eigenvalue weighted by Crippen LogP contribution is -2.38. The zero-order valence-corrected chi connectivity index (χ0v) is 12.6. The van der Waals surface area contributed by atoms with E-state index in [-0.39, 0.29) is 11.9 Å². The Morgan fingerprint density at radius 2 is 1.82 bits per heavy atom. The minimum absolute atomic E-state index is 0.162. The van der Waals surface area contributed by atoms with Crippen molar-refractivity contribution < 1.29 is 4.79 Å². The van der Waals surface area contributed by atoms with Gasteiger partial charge in [0.05, 0.1) is 6.07 Å². The zero-order valence-electron chi connectivity index (χ0n) is 12.6. The van der Waals surface area contributed by atoms with Crippen LogP contribution in [0.25, 0.3) is 10.8 Å². The molecule has 0 aliphatic heterocycles. The number of nitrogens with zero attached hydrogens (tertiary/aromatic N) is 1. The predicted octanol–water partition coefficient (Wildman–Crippen LogP) is 3.90. The molecule has 0 bridgehead atoms. The number of hydrogen-bond donors (Lipinski definition) is 1. The van der Waals surface area contributed by atoms with Gasteiger partial charge in [-0.1, -0.05) is 55.7 Å². The first kappa shape index (κ1) is 14.6. The Hall–Kier alpha value is -2.34. The van der Waals surface area contributed by atoms with E-state index in [0.717, 1.165) is 42.0 Å². The second-order valence-electron chi connectivity index (χ2n) is 6.01. The Morgan fingerprint density at radius 3 is 2.55 bits per heavy atom. The van der Waals surface area contributed by atoms with Crippen molar-refractivity contribution in [3.63, 3.8) is 0 Å². The summed E-state index contributed by atoms with van der Waals surface area (Å²) in [5, 5.41) is 14.7. The molecule has 0 spiro atoms. The fraction of sp³-hybridized carbons (Fsp3) is 0.368. The molecule has 112 valence electrons. The topological polar surface area (TPSA) is 52.9 Å². The summed E-state index contributed by atoms with van der Waals surface area (Å²) in [6.07, 6.45) is 5.64. The van der Waals surface area contributed by atoms with Gasteiger partial charge in [-0.15, -0.1) is 0 Å². The van der Waals surface area contributed by atoms with Crippen LogP contribution in [-0.2, 0) is 4.79 Å². The van der Waals surface area contributed by atoms with Gasteiger partial charge in [0.25, 0.3) is 0 Å². The predicted molar refractivity (Wildman–Crippen MR) is 87.3 cm³/mol. The second kappa shape index (κ2) is 6.62. The molecule has 0 aromatic heterocycles. The van der Waals surface area contributed by atoms with Crippen LogP contribution in [-0.4, -0.2) is 11.9 Å². The standard InChI is InChI=1S/C19H20N2O/c20-13-18(19(22)21-17-8-2-1-3-9-17)16-11-10-14-6-4-5-7-15(14)12-16/h4-7,10-12,17-18H,1-3,8-9H2,(H,21,22). The summed E-state index contributed by atoms with van der Waals surface area (Å²) in [6, 6.07) is 16.2. The molecule has 3 nitrogen and oxygen atoms in total. The number of hydrogen-bond acceptors (Lipinski definition) is 2. The monoisotopic (exact) mass is 292 g/mol. The maximum atomic E-state index is 12.4. The van der Waals surface area contributed by atoms with Gasteiger partial charge in [0.15, 0.2) is 0 Å². The van der Waals surface area contributed by atoms with Gasteiger partial charge in [-0.25, -0.2) is 0 Å². The van der Waals surface area contributed by atoms with E-state index in [1.807, 2.05) is 42.5 Å². The molecule has 1 N–H and O–H groups in total. The van der Waals surface area contributed by atoms with Crippen LogP contribution in [0.15, 0.2) is 42.5 Å². The van der Waals surface area contributed by atoms with Crippen LogP contribution >= 0.6 is 0 Å². The fourth-order valence-corrected chi connectivity index (χ4v) is 3.20. The first-order valence-electron chi connectivity index (χ1n) is 7.96. The average molecular weight is 292 g/mol. The molecule has 0 heterocycles. The van der Waals surface area contributed by atoms with Gasteiger partial charge in [0.2, 0.25) is 5.91 Å². The van der Waals surface area contributed by atoms with Gasteiger partial charge in [-0.05, 0) is 35.2 Å². The third-order valence-electron chi connectivity index (χ3n) is 4.45. The van der Waals surface area contributed by atoms with Crippen LogP contribution in [0, 0.1) is 11.3 Å². The van der Waals surface area contributed by atoms with Crippen LogP contribution in [0.1, 0.15) is 43.6 Å². The van der Waals surface area contributed by atoms with Gasteiger partial charge in [0, 0.05) is 6.04 Å². The van der Waals surface area contributed by atoms with Crippen molar-refractivity contribution in [3.8, 4) is 6.07 Å². The Balaban J connectivity index is 1.79. The van der Waals surface area contributed by atoms with E-state index in [9.17, 15) is 10.1 Å². The summed E-state index contributed by atoms with van der Waals surface area (Å²) in [7, 11) is 0. The molecule has 1 unspecified atom stereocenters. The maximum Gasteiger partial charge on any atom is 0.242 e. The van der Waals surface area contributed by atoms with Crippen molar-refractivity contribution in [3.05, 3.63) is 48.0 Å². The van der Waals surface area contributed by atoms with Crippen LogP contribution in [0.3, 0.4) is 0 Å². The number of benzene rings is 2. The smallest absolute Gasteiger partial charge is 0.242 e. The number of nitrogens with one attached hydrogen (secondary N) is 1.